The molecule has 0 unspecified atom stereocenters. The van der Waals surface area contributed by atoms with E-state index in [0.717, 1.165) is 12.8 Å². The molecule has 1 aromatic heterocycles. The number of fused-ring (bicyclic) bond motifs is 1. The van der Waals surface area contributed by atoms with Crippen LogP contribution in [0.5, 0.6) is 0 Å². The van der Waals surface area contributed by atoms with Crippen LogP contribution in [0.3, 0.4) is 0 Å². The zero-order valence-corrected chi connectivity index (χ0v) is 12.3. The van der Waals surface area contributed by atoms with E-state index in [2.05, 4.69) is 17.3 Å². The van der Waals surface area contributed by atoms with Gasteiger partial charge in [-0.1, -0.05) is 38.3 Å². The highest BCUT2D eigenvalue weighted by molar-refractivity contribution is 5.81. The number of unbranched alkanes of at least 4 members (excludes halogenated alkanes) is 3. The second kappa shape index (κ2) is 7.57. The van der Waals surface area contributed by atoms with Crippen LogP contribution in [0.4, 0.5) is 0 Å². The molecule has 5 heteroatoms. The average molecular weight is 287 g/mol. The molecule has 1 aromatic carbocycles. The van der Waals surface area contributed by atoms with E-state index < -0.39 is 0 Å². The number of nitrogens with zero attached hydrogens (tertiary/aromatic N) is 2. The van der Waals surface area contributed by atoms with Gasteiger partial charge in [0, 0.05) is 11.9 Å². The Bertz CT molecular complexity index is 664. The first kappa shape index (κ1) is 15.2. The van der Waals surface area contributed by atoms with Gasteiger partial charge in [0.25, 0.3) is 0 Å². The Balaban J connectivity index is 1.98. The summed E-state index contributed by atoms with van der Waals surface area (Å²) < 4.78 is 1.57. The molecular formula is C16H21N3O2. The Morgan fingerprint density at radius 3 is 2.86 bits per heavy atom. The van der Waals surface area contributed by atoms with E-state index in [9.17, 15) is 9.59 Å². The number of carbonyl (C=O) groups excluding carboxylic acids is 1. The number of hydrogen-bond donors (Lipinski definition) is 1. The van der Waals surface area contributed by atoms with Crippen LogP contribution in [0, 0.1) is 0 Å². The fourth-order valence-electron chi connectivity index (χ4n) is 2.26. The van der Waals surface area contributed by atoms with E-state index in [-0.39, 0.29) is 17.9 Å². The minimum absolute atomic E-state index is 0.0761. The Labute approximate surface area is 124 Å². The maximum Gasteiger partial charge on any atom is 0.241 e. The molecule has 2 rings (SSSR count). The summed E-state index contributed by atoms with van der Waals surface area (Å²) in [5.41, 5.74) is 0.563. The zero-order chi connectivity index (χ0) is 15.1. The van der Waals surface area contributed by atoms with Gasteiger partial charge in [0.05, 0.1) is 11.7 Å². The molecule has 0 bridgehead atoms. The first-order valence-electron chi connectivity index (χ1n) is 7.44. The van der Waals surface area contributed by atoms with Crippen molar-refractivity contribution in [3.63, 3.8) is 0 Å². The van der Waals surface area contributed by atoms with Gasteiger partial charge in [-0.25, -0.2) is 0 Å². The van der Waals surface area contributed by atoms with Crippen LogP contribution >= 0.6 is 0 Å². The Kier molecular flexibility index (Phi) is 5.49. The molecule has 0 saturated heterocycles. The molecule has 21 heavy (non-hydrogen) atoms. The second-order valence-corrected chi connectivity index (χ2v) is 5.09. The van der Waals surface area contributed by atoms with Crippen molar-refractivity contribution in [3.8, 4) is 0 Å². The zero-order valence-electron chi connectivity index (χ0n) is 12.3. The van der Waals surface area contributed by atoms with Gasteiger partial charge in [0.2, 0.25) is 11.3 Å². The molecule has 0 aliphatic rings. The first-order chi connectivity index (χ1) is 10.2. The third-order valence-corrected chi connectivity index (χ3v) is 3.41. The summed E-state index contributed by atoms with van der Waals surface area (Å²) in [5, 5.41) is 7.53. The van der Waals surface area contributed by atoms with Crippen LogP contribution in [0.15, 0.2) is 35.3 Å². The SMILES string of the molecule is CCCCCCNC(=O)Cn1ncc(=O)c2ccccc21. The minimum atomic E-state index is -0.123. The van der Waals surface area contributed by atoms with Crippen LogP contribution in [0.2, 0.25) is 0 Å². The highest BCUT2D eigenvalue weighted by Crippen LogP contribution is 2.07. The Hall–Kier alpha value is -2.17. The van der Waals surface area contributed by atoms with Crippen LogP contribution < -0.4 is 10.7 Å². The maximum absolute atomic E-state index is 11.9. The number of hydrogen-bond acceptors (Lipinski definition) is 3. The predicted octanol–water partition coefficient (Wildman–Crippen LogP) is 2.09. The lowest BCUT2D eigenvalue weighted by molar-refractivity contribution is -0.121. The van der Waals surface area contributed by atoms with Crippen molar-refractivity contribution in [2.75, 3.05) is 6.54 Å². The number of amides is 1. The summed E-state index contributed by atoms with van der Waals surface area (Å²) in [4.78, 5) is 23.6. The fraction of sp³-hybridized carbons (Fsp3) is 0.438. The summed E-state index contributed by atoms with van der Waals surface area (Å²) in [7, 11) is 0. The monoisotopic (exact) mass is 287 g/mol. The molecule has 0 fully saturated rings. The third-order valence-electron chi connectivity index (χ3n) is 3.41. The van der Waals surface area contributed by atoms with Crippen LogP contribution in [-0.4, -0.2) is 22.2 Å². The number of para-hydroxylation sites is 1. The van der Waals surface area contributed by atoms with Gasteiger partial charge in [-0.05, 0) is 18.6 Å². The molecule has 5 nitrogen and oxygen atoms in total. The topological polar surface area (TPSA) is 64.0 Å². The standard InChI is InChI=1S/C16H21N3O2/c1-2-3-4-7-10-17-16(21)12-19-14-9-6-5-8-13(14)15(20)11-18-19/h5-6,8-9,11H,2-4,7,10,12H2,1H3,(H,17,21). The van der Waals surface area contributed by atoms with Crippen molar-refractivity contribution in [3.05, 3.63) is 40.7 Å². The molecule has 1 N–H and O–H groups in total. The second-order valence-electron chi connectivity index (χ2n) is 5.09. The molecule has 112 valence electrons. The molecule has 0 saturated carbocycles. The first-order valence-corrected chi connectivity index (χ1v) is 7.44. The van der Waals surface area contributed by atoms with E-state index in [1.165, 1.54) is 19.0 Å². The summed E-state index contributed by atoms with van der Waals surface area (Å²) in [5.74, 6) is -0.0761. The van der Waals surface area contributed by atoms with Gasteiger partial charge >= 0.3 is 0 Å². The van der Waals surface area contributed by atoms with Crippen LogP contribution in [0.1, 0.15) is 32.6 Å². The van der Waals surface area contributed by atoms with Gasteiger partial charge in [-0.15, -0.1) is 0 Å². The lowest BCUT2D eigenvalue weighted by atomic mass is 10.2. The molecule has 1 heterocycles. The molecule has 0 radical (unpaired) electrons. The molecular weight excluding hydrogens is 266 g/mol. The largest absolute Gasteiger partial charge is 0.354 e. The third kappa shape index (κ3) is 4.15. The molecule has 0 aliphatic heterocycles. The van der Waals surface area contributed by atoms with E-state index in [0.29, 0.717) is 17.4 Å². The molecule has 0 atom stereocenters. The average Bonchev–Trinajstić information content (AvgIpc) is 2.50. The highest BCUT2D eigenvalue weighted by Gasteiger charge is 2.07. The van der Waals surface area contributed by atoms with Gasteiger partial charge in [0.15, 0.2) is 0 Å². The van der Waals surface area contributed by atoms with Gasteiger partial charge < -0.3 is 5.32 Å². The molecule has 0 spiro atoms. The maximum atomic E-state index is 11.9. The van der Waals surface area contributed by atoms with Crippen molar-refractivity contribution in [1.82, 2.24) is 15.1 Å². The smallest absolute Gasteiger partial charge is 0.241 e. The normalized spacial score (nSPS) is 10.7. The van der Waals surface area contributed by atoms with Crippen molar-refractivity contribution < 1.29 is 4.79 Å². The summed E-state index contributed by atoms with van der Waals surface area (Å²) in [6.07, 6.45) is 5.77. The summed E-state index contributed by atoms with van der Waals surface area (Å²) in [6, 6.07) is 7.20. The van der Waals surface area contributed by atoms with Gasteiger partial charge in [0.1, 0.15) is 6.54 Å². The quantitative estimate of drug-likeness (QED) is 0.793. The summed E-state index contributed by atoms with van der Waals surface area (Å²) in [6.45, 7) is 2.98. The van der Waals surface area contributed by atoms with Crippen LogP contribution in [-0.2, 0) is 11.3 Å². The number of carbonyl (C=O) groups is 1. The number of aromatic nitrogens is 2. The van der Waals surface area contributed by atoms with Crippen molar-refractivity contribution in [1.29, 1.82) is 0 Å². The Morgan fingerprint density at radius 1 is 1.24 bits per heavy atom. The molecule has 2 aromatic rings. The summed E-state index contributed by atoms with van der Waals surface area (Å²) >= 11 is 0. The van der Waals surface area contributed by atoms with E-state index >= 15 is 0 Å². The highest BCUT2D eigenvalue weighted by atomic mass is 16.2. The van der Waals surface area contributed by atoms with Crippen molar-refractivity contribution in [2.24, 2.45) is 0 Å². The van der Waals surface area contributed by atoms with E-state index in [1.54, 1.807) is 16.8 Å². The number of rotatable bonds is 7. The van der Waals surface area contributed by atoms with Crippen molar-refractivity contribution in [2.45, 2.75) is 39.2 Å². The lowest BCUT2D eigenvalue weighted by Crippen LogP contribution is -2.29. The number of nitrogens with one attached hydrogen (secondary N) is 1. The van der Waals surface area contributed by atoms with E-state index in [4.69, 9.17) is 0 Å². The van der Waals surface area contributed by atoms with Crippen molar-refractivity contribution >= 4 is 16.8 Å². The van der Waals surface area contributed by atoms with Gasteiger partial charge in [-0.2, -0.15) is 5.10 Å². The van der Waals surface area contributed by atoms with E-state index in [1.807, 2.05) is 12.1 Å². The van der Waals surface area contributed by atoms with Gasteiger partial charge in [-0.3, -0.25) is 14.3 Å². The predicted molar refractivity (Wildman–Crippen MR) is 83.2 cm³/mol. The fourth-order valence-corrected chi connectivity index (χ4v) is 2.26. The number of benzene rings is 1. The molecule has 0 aliphatic carbocycles. The Morgan fingerprint density at radius 2 is 2.05 bits per heavy atom. The molecule has 1 amide bonds. The lowest BCUT2D eigenvalue weighted by Gasteiger charge is -2.09. The van der Waals surface area contributed by atoms with Crippen LogP contribution in [0.25, 0.3) is 10.9 Å². The minimum Gasteiger partial charge on any atom is -0.354 e.